The Kier molecular flexibility index (Phi) is 37.4. The van der Waals surface area contributed by atoms with E-state index >= 15 is 0 Å². The van der Waals surface area contributed by atoms with Crippen molar-refractivity contribution in [1.29, 1.82) is 0 Å². The quantitative estimate of drug-likeness (QED) is 0.00861. The molecule has 0 amide bonds. The Morgan fingerprint density at radius 1 is 0.500 bits per heavy atom. The van der Waals surface area contributed by atoms with Crippen LogP contribution in [0.4, 0.5) is 11.6 Å². The lowest BCUT2D eigenvalue weighted by atomic mass is 9.77. The SMILES string of the molecule is CC1(C)OB(c2ccc(Cl)nc2)OC1(C)C.COCCOC(=O)C1(OCCOC)CCC(c2cc(N(COCC[Si](C)(C)C)COCC[Si](C)(C)C)n3ncc(-c4ccc(Cl)nc4)c3n2)CC1.COCCOC(=O)C1(OCCOC)CCC(c2cc(N(COCC[Si](C)(C)C)COCC[Si](C)(C)C)n3ncc(I)c3n2)CC1. The van der Waals surface area contributed by atoms with Crippen molar-refractivity contribution in [2.24, 2.45) is 0 Å². The average molecular weight is 1780 g/mol. The van der Waals surface area contributed by atoms with Gasteiger partial charge in [-0.3, -0.25) is 0 Å². The zero-order valence-electron chi connectivity index (χ0n) is 70.4. The van der Waals surface area contributed by atoms with Crippen molar-refractivity contribution in [2.45, 2.75) is 216 Å². The van der Waals surface area contributed by atoms with Gasteiger partial charge in [0.1, 0.15) is 62.1 Å². The van der Waals surface area contributed by atoms with E-state index in [1.807, 2.05) is 61.3 Å². The van der Waals surface area contributed by atoms with E-state index in [2.05, 4.69) is 138 Å². The lowest BCUT2D eigenvalue weighted by Gasteiger charge is -2.38. The molecule has 0 bridgehead atoms. The van der Waals surface area contributed by atoms with Crippen LogP contribution in [0.3, 0.4) is 0 Å². The summed E-state index contributed by atoms with van der Waals surface area (Å²) in [6, 6.07) is 15.9. The van der Waals surface area contributed by atoms with E-state index in [-0.39, 0.29) is 55.3 Å². The predicted molar refractivity (Wildman–Crippen MR) is 462 cm³/mol. The minimum Gasteiger partial charge on any atom is -0.461 e. The molecule has 2 aliphatic carbocycles. The lowest BCUT2D eigenvalue weighted by Crippen LogP contribution is -2.46. The fraction of sp³-hybridized carbons (Fsp3) is 0.692. The third-order valence-corrected chi connectivity index (χ3v) is 28.4. The number of hydrogen-bond donors (Lipinski definition) is 0. The highest BCUT2D eigenvalue weighted by atomic mass is 127. The molecule has 3 fully saturated rings. The first kappa shape index (κ1) is 95.0. The molecule has 34 heteroatoms. The predicted octanol–water partition coefficient (Wildman–Crippen LogP) is 15.2. The number of aromatic nitrogens is 8. The molecule has 0 radical (unpaired) electrons. The van der Waals surface area contributed by atoms with Crippen LogP contribution in [0.1, 0.15) is 102 Å². The van der Waals surface area contributed by atoms with Crippen LogP contribution < -0.4 is 15.3 Å². The Morgan fingerprint density at radius 3 is 1.23 bits per heavy atom. The van der Waals surface area contributed by atoms with Crippen LogP contribution in [0.2, 0.25) is 113 Å². The number of methoxy groups -OCH3 is 4. The smallest absolute Gasteiger partial charge is 0.461 e. The molecule has 1 aliphatic heterocycles. The van der Waals surface area contributed by atoms with Gasteiger partial charge in [0, 0.05) is 152 Å². The van der Waals surface area contributed by atoms with E-state index in [0.717, 1.165) is 85.8 Å². The van der Waals surface area contributed by atoms with Crippen LogP contribution in [0.15, 0.2) is 61.2 Å². The normalized spacial score (nSPS) is 19.3. The summed E-state index contributed by atoms with van der Waals surface area (Å²) in [7, 11) is 1.02. The fourth-order valence-corrected chi connectivity index (χ4v) is 16.2. The highest BCUT2D eigenvalue weighted by Crippen LogP contribution is 2.44. The van der Waals surface area contributed by atoms with Crippen molar-refractivity contribution in [3.05, 3.63) is 86.4 Å². The molecule has 0 atom stereocenters. The summed E-state index contributed by atoms with van der Waals surface area (Å²) in [4.78, 5) is 49.5. The molecule has 0 unspecified atom stereocenters. The monoisotopic (exact) mass is 1780 g/mol. The summed E-state index contributed by atoms with van der Waals surface area (Å²) in [6.07, 6.45) is 12.0. The van der Waals surface area contributed by atoms with Crippen molar-refractivity contribution in [3.8, 4) is 11.1 Å². The van der Waals surface area contributed by atoms with E-state index < -0.39 is 43.5 Å². The van der Waals surface area contributed by atoms with E-state index in [1.54, 1.807) is 53.0 Å². The largest absolute Gasteiger partial charge is 0.496 e. The van der Waals surface area contributed by atoms with Crippen molar-refractivity contribution in [3.63, 3.8) is 0 Å². The summed E-state index contributed by atoms with van der Waals surface area (Å²) >= 11 is 14.2. The van der Waals surface area contributed by atoms with E-state index in [4.69, 9.17) is 104 Å². The number of halogens is 3. The maximum absolute atomic E-state index is 13.4. The Balaban J connectivity index is 0.000000260. The van der Waals surface area contributed by atoms with Gasteiger partial charge in [0.15, 0.2) is 22.5 Å². The summed E-state index contributed by atoms with van der Waals surface area (Å²) < 4.78 is 85.8. The van der Waals surface area contributed by atoms with Gasteiger partial charge in [0.25, 0.3) is 0 Å². The highest BCUT2D eigenvalue weighted by molar-refractivity contribution is 14.1. The maximum Gasteiger partial charge on any atom is 0.496 e. The molecule has 26 nitrogen and oxygen atoms in total. The third kappa shape index (κ3) is 29.4. The molecule has 626 valence electrons. The first-order valence-electron chi connectivity index (χ1n) is 39.3. The molecule has 1 saturated heterocycles. The number of ether oxygens (including phenoxy) is 12. The second kappa shape index (κ2) is 44.0. The minimum absolute atomic E-state index is 0.0632. The number of fused-ring (bicyclic) bond motifs is 2. The zero-order chi connectivity index (χ0) is 82.1. The van der Waals surface area contributed by atoms with Crippen LogP contribution in [0, 0.1) is 3.57 Å². The maximum atomic E-state index is 13.4. The number of carbonyl (C=O) groups is 2. The average Bonchev–Trinajstić information content (AvgIpc) is 1.73. The Morgan fingerprint density at radius 2 is 0.866 bits per heavy atom. The summed E-state index contributed by atoms with van der Waals surface area (Å²) in [5.74, 6) is 1.24. The number of pyridine rings is 2. The Hall–Kier alpha value is -4.16. The molecule has 6 aromatic heterocycles. The van der Waals surface area contributed by atoms with Gasteiger partial charge < -0.3 is 76.0 Å². The van der Waals surface area contributed by atoms with Gasteiger partial charge in [-0.1, -0.05) is 108 Å². The van der Waals surface area contributed by atoms with Crippen LogP contribution in [0.25, 0.3) is 22.4 Å². The second-order valence-electron chi connectivity index (χ2n) is 34.9. The van der Waals surface area contributed by atoms with Crippen LogP contribution >= 0.6 is 45.8 Å². The number of nitrogens with zero attached hydrogens (tertiary/aromatic N) is 10. The van der Waals surface area contributed by atoms with Crippen molar-refractivity contribution in [1.82, 2.24) is 39.2 Å². The van der Waals surface area contributed by atoms with E-state index in [9.17, 15) is 9.59 Å². The van der Waals surface area contributed by atoms with Gasteiger partial charge in [-0.25, -0.2) is 29.5 Å². The molecule has 2 saturated carbocycles. The van der Waals surface area contributed by atoms with Gasteiger partial charge in [0.2, 0.25) is 0 Å². The first-order chi connectivity index (χ1) is 52.8. The Bertz CT molecular complexity index is 3780. The summed E-state index contributed by atoms with van der Waals surface area (Å²) in [6.45, 7) is 43.1. The number of esters is 2. The molecule has 112 heavy (non-hydrogen) atoms. The minimum atomic E-state index is -1.28. The fourth-order valence-electron chi connectivity index (χ4n) is 12.5. The number of anilines is 2. The van der Waals surface area contributed by atoms with Crippen LogP contribution in [-0.2, 0) is 75.7 Å². The van der Waals surface area contributed by atoms with E-state index in [0.29, 0.717) is 147 Å². The van der Waals surface area contributed by atoms with E-state index in [1.165, 1.54) is 0 Å². The van der Waals surface area contributed by atoms with Gasteiger partial charge in [-0.2, -0.15) is 19.2 Å². The zero-order valence-corrected chi connectivity index (χ0v) is 78.1. The Labute approximate surface area is 693 Å². The third-order valence-electron chi connectivity index (χ3n) is 20.4. The molecule has 6 aromatic rings. The van der Waals surface area contributed by atoms with Crippen molar-refractivity contribution >= 4 is 126 Å². The summed E-state index contributed by atoms with van der Waals surface area (Å²) in [5.41, 5.74) is 3.30. The summed E-state index contributed by atoms with van der Waals surface area (Å²) in [5, 5.41) is 10.4. The lowest BCUT2D eigenvalue weighted by molar-refractivity contribution is -0.181. The number of rotatable bonds is 42. The number of hydrogen-bond acceptors (Lipinski definition) is 24. The molecule has 7 heterocycles. The number of carbonyl (C=O) groups excluding carboxylic acids is 2. The van der Waals surface area contributed by atoms with Gasteiger partial charge in [-0.15, -0.1) is 0 Å². The highest BCUT2D eigenvalue weighted by Gasteiger charge is 2.52. The van der Waals surface area contributed by atoms with Crippen molar-refractivity contribution in [2.75, 3.05) is 144 Å². The molecule has 0 N–H and O–H groups in total. The standard InChI is InChI=1S/C36H58ClN5O7Si2.C31H55IN4O7Si2.C11H15BClNO2/c1-44-15-17-48-35(43)36(49-18-16-45-2)13-11-28(12-14-36)31-23-33(42-34(40-31)30(25-39-42)29-9-10-32(37)38-24-29)41(26-46-19-21-50(3,4)5)27-47-20-22-51(6,7)8;1-38-13-15-42-30(37)31(43-16-14-39-2)11-9-25(10-12-31)27-21-28(36-29(34-27)26(32)22-33-36)35(23-40-17-19-44(3,4)5)24-41-18-20-45(6,7)8;1-10(2)11(3,4)16-12(15-10)8-5-6-9(13)14-7-8/h9-10,23-25,28H,11-22,26-27H2,1-8H3;21-22,25H,9-20,23-24H2,1-8H3;5-7H,1-4H3. The molecule has 9 rings (SSSR count). The second-order valence-corrected chi connectivity index (χ2v) is 59.3. The molecular formula is C78H128BCl2IN10O16Si4. The van der Waals surface area contributed by atoms with Gasteiger partial charge >= 0.3 is 19.1 Å². The first-order valence-corrected chi connectivity index (χ1v) is 55.9. The van der Waals surface area contributed by atoms with Gasteiger partial charge in [-0.05, 0) is 144 Å². The molecule has 0 aromatic carbocycles. The molecular weight excluding hydrogens is 1650 g/mol. The van der Waals surface area contributed by atoms with Crippen LogP contribution in [-0.4, -0.2) is 248 Å². The van der Waals surface area contributed by atoms with Crippen LogP contribution in [0.5, 0.6) is 0 Å². The molecule has 3 aliphatic rings. The van der Waals surface area contributed by atoms with Gasteiger partial charge in [0.05, 0.1) is 66.8 Å². The topological polar surface area (TPSA) is 256 Å². The van der Waals surface area contributed by atoms with Crippen molar-refractivity contribution < 1.29 is 75.7 Å². The molecule has 0 spiro atoms.